The van der Waals surface area contributed by atoms with Gasteiger partial charge >= 0.3 is 0 Å². The molecule has 0 heterocycles. The van der Waals surface area contributed by atoms with Crippen LogP contribution in [0.1, 0.15) is 40.0 Å². The molecule has 2 atom stereocenters. The minimum atomic E-state index is -0.120. The van der Waals surface area contributed by atoms with Gasteiger partial charge < -0.3 is 16.2 Å². The molecule has 1 unspecified atom stereocenters. The zero-order valence-corrected chi connectivity index (χ0v) is 10.7. The molecular weight excluding hydrogens is 204 g/mol. The van der Waals surface area contributed by atoms with E-state index in [0.717, 1.165) is 12.8 Å². The van der Waals surface area contributed by atoms with E-state index in [1.54, 1.807) is 0 Å². The molecule has 0 spiro atoms. The van der Waals surface area contributed by atoms with E-state index in [-0.39, 0.29) is 24.5 Å². The summed E-state index contributed by atoms with van der Waals surface area (Å²) in [4.78, 5) is 11.6. The summed E-state index contributed by atoms with van der Waals surface area (Å²) in [6.07, 6.45) is 2.19. The topological polar surface area (TPSA) is 75.3 Å². The van der Waals surface area contributed by atoms with E-state index in [9.17, 15) is 4.79 Å². The Hall–Kier alpha value is -0.610. The first-order valence-electron chi connectivity index (χ1n) is 6.13. The maximum Gasteiger partial charge on any atom is 0.220 e. The Morgan fingerprint density at radius 2 is 2.06 bits per heavy atom. The number of hydrogen-bond acceptors (Lipinski definition) is 3. The van der Waals surface area contributed by atoms with Gasteiger partial charge in [-0.15, -0.1) is 0 Å². The SMILES string of the molecule is CC[C@@H](CO)NC(=O)CC(CN)CC(C)C. The Bertz CT molecular complexity index is 191. The Kier molecular flexibility index (Phi) is 8.21. The lowest BCUT2D eigenvalue weighted by atomic mass is 9.94. The fourth-order valence-corrected chi connectivity index (χ4v) is 1.76. The van der Waals surface area contributed by atoms with Crippen molar-refractivity contribution in [2.24, 2.45) is 17.6 Å². The van der Waals surface area contributed by atoms with Crippen LogP contribution in [0, 0.1) is 11.8 Å². The van der Waals surface area contributed by atoms with Crippen molar-refractivity contribution in [3.63, 3.8) is 0 Å². The molecule has 96 valence electrons. The molecule has 0 aliphatic rings. The van der Waals surface area contributed by atoms with Crippen LogP contribution in [0.5, 0.6) is 0 Å². The average molecular weight is 230 g/mol. The standard InChI is InChI=1S/C12H26N2O2/c1-4-11(8-15)14-12(16)6-10(7-13)5-9(2)3/h9-11,15H,4-8,13H2,1-3H3,(H,14,16)/t10?,11-/m0/s1. The van der Waals surface area contributed by atoms with Crippen molar-refractivity contribution in [1.29, 1.82) is 0 Å². The summed E-state index contributed by atoms with van der Waals surface area (Å²) < 4.78 is 0. The summed E-state index contributed by atoms with van der Waals surface area (Å²) >= 11 is 0. The number of amides is 1. The van der Waals surface area contributed by atoms with Crippen molar-refractivity contribution in [3.8, 4) is 0 Å². The largest absolute Gasteiger partial charge is 0.394 e. The van der Waals surface area contributed by atoms with Gasteiger partial charge in [0, 0.05) is 6.42 Å². The third-order valence-corrected chi connectivity index (χ3v) is 2.69. The van der Waals surface area contributed by atoms with Gasteiger partial charge in [-0.1, -0.05) is 20.8 Å². The van der Waals surface area contributed by atoms with E-state index < -0.39 is 0 Å². The van der Waals surface area contributed by atoms with Gasteiger partial charge in [-0.2, -0.15) is 0 Å². The van der Waals surface area contributed by atoms with Crippen LogP contribution in [0.4, 0.5) is 0 Å². The lowest BCUT2D eigenvalue weighted by molar-refractivity contribution is -0.123. The van der Waals surface area contributed by atoms with Crippen molar-refractivity contribution < 1.29 is 9.90 Å². The molecular formula is C12H26N2O2. The third-order valence-electron chi connectivity index (χ3n) is 2.69. The quantitative estimate of drug-likeness (QED) is 0.579. The Morgan fingerprint density at radius 3 is 2.44 bits per heavy atom. The third kappa shape index (κ3) is 6.80. The van der Waals surface area contributed by atoms with E-state index in [4.69, 9.17) is 10.8 Å². The van der Waals surface area contributed by atoms with Gasteiger partial charge in [0.1, 0.15) is 0 Å². The first kappa shape index (κ1) is 15.4. The van der Waals surface area contributed by atoms with Gasteiger partial charge in [0.05, 0.1) is 12.6 Å². The number of carbonyl (C=O) groups is 1. The summed E-state index contributed by atoms with van der Waals surface area (Å²) in [6, 6.07) is -0.120. The number of carbonyl (C=O) groups excluding carboxylic acids is 1. The van der Waals surface area contributed by atoms with Gasteiger partial charge in [0.25, 0.3) is 0 Å². The summed E-state index contributed by atoms with van der Waals surface area (Å²) in [5.41, 5.74) is 5.64. The van der Waals surface area contributed by atoms with Crippen LogP contribution < -0.4 is 11.1 Å². The zero-order chi connectivity index (χ0) is 12.6. The van der Waals surface area contributed by atoms with Crippen LogP contribution in [-0.4, -0.2) is 30.2 Å². The highest BCUT2D eigenvalue weighted by Crippen LogP contribution is 2.14. The molecule has 1 amide bonds. The zero-order valence-electron chi connectivity index (χ0n) is 10.7. The summed E-state index contributed by atoms with van der Waals surface area (Å²) in [7, 11) is 0. The Balaban J connectivity index is 3.99. The van der Waals surface area contributed by atoms with Gasteiger partial charge in [-0.25, -0.2) is 0 Å². The van der Waals surface area contributed by atoms with Crippen LogP contribution >= 0.6 is 0 Å². The summed E-state index contributed by atoms with van der Waals surface area (Å²) in [6.45, 7) is 6.74. The van der Waals surface area contributed by atoms with Gasteiger partial charge in [0.15, 0.2) is 0 Å². The number of rotatable bonds is 8. The molecule has 0 aliphatic carbocycles. The van der Waals surface area contributed by atoms with Crippen LogP contribution in [0.25, 0.3) is 0 Å². The number of aliphatic hydroxyl groups excluding tert-OH is 1. The van der Waals surface area contributed by atoms with Crippen molar-refractivity contribution >= 4 is 5.91 Å². The molecule has 0 rings (SSSR count). The minimum Gasteiger partial charge on any atom is -0.394 e. The van der Waals surface area contributed by atoms with Crippen LogP contribution in [0.15, 0.2) is 0 Å². The first-order valence-corrected chi connectivity index (χ1v) is 6.13. The molecule has 0 saturated carbocycles. The first-order chi connectivity index (χ1) is 7.53. The highest BCUT2D eigenvalue weighted by atomic mass is 16.3. The lowest BCUT2D eigenvalue weighted by Crippen LogP contribution is -2.38. The number of nitrogens with one attached hydrogen (secondary N) is 1. The molecule has 0 aromatic heterocycles. The van der Waals surface area contributed by atoms with Gasteiger partial charge in [-0.05, 0) is 31.2 Å². The Morgan fingerprint density at radius 1 is 1.44 bits per heavy atom. The highest BCUT2D eigenvalue weighted by Gasteiger charge is 2.16. The summed E-state index contributed by atoms with van der Waals surface area (Å²) in [5, 5.41) is 11.8. The Labute approximate surface area is 98.6 Å². The fraction of sp³-hybridized carbons (Fsp3) is 0.917. The van der Waals surface area contributed by atoms with Crippen molar-refractivity contribution in [2.45, 2.75) is 46.1 Å². The second-order valence-corrected chi connectivity index (χ2v) is 4.79. The summed E-state index contributed by atoms with van der Waals surface area (Å²) in [5.74, 6) is 0.800. The monoisotopic (exact) mass is 230 g/mol. The van der Waals surface area contributed by atoms with E-state index in [1.807, 2.05) is 6.92 Å². The van der Waals surface area contributed by atoms with E-state index >= 15 is 0 Å². The van der Waals surface area contributed by atoms with Crippen molar-refractivity contribution in [2.75, 3.05) is 13.2 Å². The van der Waals surface area contributed by atoms with E-state index in [0.29, 0.717) is 18.9 Å². The normalized spacial score (nSPS) is 14.9. The number of aliphatic hydroxyl groups is 1. The molecule has 0 bridgehead atoms. The molecule has 0 saturated heterocycles. The van der Waals surface area contributed by atoms with Crippen LogP contribution in [-0.2, 0) is 4.79 Å². The molecule has 16 heavy (non-hydrogen) atoms. The van der Waals surface area contributed by atoms with Crippen molar-refractivity contribution in [3.05, 3.63) is 0 Å². The predicted octanol–water partition coefficient (Wildman–Crippen LogP) is 0.885. The molecule has 0 aromatic carbocycles. The molecule has 4 N–H and O–H groups in total. The van der Waals surface area contributed by atoms with E-state index in [1.165, 1.54) is 0 Å². The van der Waals surface area contributed by atoms with Crippen LogP contribution in [0.3, 0.4) is 0 Å². The molecule has 0 radical (unpaired) electrons. The van der Waals surface area contributed by atoms with Crippen molar-refractivity contribution in [1.82, 2.24) is 5.32 Å². The van der Waals surface area contributed by atoms with Gasteiger partial charge in [-0.3, -0.25) is 4.79 Å². The number of nitrogens with two attached hydrogens (primary N) is 1. The van der Waals surface area contributed by atoms with Gasteiger partial charge in [0.2, 0.25) is 5.91 Å². The van der Waals surface area contributed by atoms with Crippen LogP contribution in [0.2, 0.25) is 0 Å². The number of hydrogen-bond donors (Lipinski definition) is 3. The second-order valence-electron chi connectivity index (χ2n) is 4.79. The average Bonchev–Trinajstić information content (AvgIpc) is 2.24. The van der Waals surface area contributed by atoms with E-state index in [2.05, 4.69) is 19.2 Å². The lowest BCUT2D eigenvalue weighted by Gasteiger charge is -2.19. The predicted molar refractivity (Wildman–Crippen MR) is 65.9 cm³/mol. The maximum atomic E-state index is 11.6. The second kappa shape index (κ2) is 8.53. The molecule has 4 heteroatoms. The molecule has 0 aliphatic heterocycles. The smallest absolute Gasteiger partial charge is 0.220 e. The minimum absolute atomic E-state index is 0.000285. The molecule has 0 aromatic rings. The molecule has 4 nitrogen and oxygen atoms in total. The fourth-order valence-electron chi connectivity index (χ4n) is 1.76. The maximum absolute atomic E-state index is 11.6. The highest BCUT2D eigenvalue weighted by molar-refractivity contribution is 5.76. The molecule has 0 fully saturated rings.